The molecule has 4 aromatic rings. The summed E-state index contributed by atoms with van der Waals surface area (Å²) in [6, 6.07) is 27.4. The molecule has 7 heteroatoms. The van der Waals surface area contributed by atoms with Gasteiger partial charge in [0.1, 0.15) is 11.4 Å². The zero-order chi connectivity index (χ0) is 27.6. The van der Waals surface area contributed by atoms with Crippen LogP contribution in [-0.2, 0) is 10.3 Å². The molecule has 200 valence electrons. The number of aliphatic hydroxyl groups is 1. The fourth-order valence-corrected chi connectivity index (χ4v) is 5.65. The van der Waals surface area contributed by atoms with Crippen LogP contribution in [0, 0.1) is 18.8 Å². The highest BCUT2D eigenvalue weighted by molar-refractivity contribution is 5.48. The number of hydrogen-bond donors (Lipinski definition) is 2. The van der Waals surface area contributed by atoms with E-state index in [2.05, 4.69) is 11.6 Å². The second-order valence-corrected chi connectivity index (χ2v) is 9.90. The van der Waals surface area contributed by atoms with E-state index in [9.17, 15) is 14.7 Å². The highest BCUT2D eigenvalue weighted by atomic mass is 16.5. The molecule has 7 nitrogen and oxygen atoms in total. The Hall–Kier alpha value is -4.20. The van der Waals surface area contributed by atoms with E-state index in [0.29, 0.717) is 5.56 Å². The first-order chi connectivity index (χ1) is 18.9. The number of nitrogens with one attached hydrogen (secondary N) is 1. The lowest BCUT2D eigenvalue weighted by Crippen LogP contribution is -2.50. The Morgan fingerprint density at radius 2 is 1.49 bits per heavy atom. The summed E-state index contributed by atoms with van der Waals surface area (Å²) in [5, 5.41) is 10.2. The molecule has 0 amide bonds. The average molecular weight is 525 g/mol. The molecule has 5 rings (SSSR count). The number of hydrogen-bond acceptors (Lipinski definition) is 5. The third-order valence-corrected chi connectivity index (χ3v) is 7.77. The molecule has 3 aromatic carbocycles. The molecule has 0 spiro atoms. The van der Waals surface area contributed by atoms with Crippen LogP contribution in [0.4, 0.5) is 0 Å². The van der Waals surface area contributed by atoms with Gasteiger partial charge in [0.2, 0.25) is 0 Å². The van der Waals surface area contributed by atoms with Gasteiger partial charge in [-0.1, -0.05) is 79.4 Å². The first-order valence-corrected chi connectivity index (χ1v) is 12.9. The smallest absolute Gasteiger partial charge is 0.328 e. The van der Waals surface area contributed by atoms with Crippen molar-refractivity contribution in [3.8, 4) is 5.75 Å². The number of aryl methyl sites for hydroxylation is 1. The topological polar surface area (TPSA) is 93.6 Å². The second kappa shape index (κ2) is 10.9. The van der Waals surface area contributed by atoms with Gasteiger partial charge in [0.15, 0.2) is 0 Å². The van der Waals surface area contributed by atoms with E-state index in [1.54, 1.807) is 20.2 Å². The molecule has 0 unspecified atom stereocenters. The highest BCUT2D eigenvalue weighted by Gasteiger charge is 2.48. The number of rotatable bonds is 9. The summed E-state index contributed by atoms with van der Waals surface area (Å²) >= 11 is 0. The van der Waals surface area contributed by atoms with Gasteiger partial charge >= 0.3 is 5.69 Å². The lowest BCUT2D eigenvalue weighted by molar-refractivity contribution is -0.0514. The minimum atomic E-state index is -0.984. The summed E-state index contributed by atoms with van der Waals surface area (Å²) in [5.41, 5.74) is 2.03. The zero-order valence-corrected chi connectivity index (χ0v) is 22.0. The van der Waals surface area contributed by atoms with Crippen LogP contribution in [0.2, 0.25) is 0 Å². The number of aromatic nitrogens is 2. The standard InChI is InChI=1S/C32H32N2O5/c1-21-18-34(31(37)33-30(21)36)29-22(2)27(19-35)28(29)20-39-32(23-10-6-4-7-11-23,24-12-8-5-9-13-24)25-14-16-26(38-3)17-15-25/h4-18,27-29,35H,2,19-20H2,1,3H3,(H,33,36,37)/t27-,28+,29+/m0/s1. The molecule has 0 bridgehead atoms. The largest absolute Gasteiger partial charge is 0.497 e. The molecule has 1 saturated carbocycles. The van der Waals surface area contributed by atoms with E-state index >= 15 is 0 Å². The van der Waals surface area contributed by atoms with Crippen LogP contribution in [0.25, 0.3) is 0 Å². The minimum Gasteiger partial charge on any atom is -0.497 e. The zero-order valence-electron chi connectivity index (χ0n) is 22.0. The maximum atomic E-state index is 12.8. The number of aromatic amines is 1. The number of benzene rings is 3. The van der Waals surface area contributed by atoms with E-state index in [-0.39, 0.29) is 25.0 Å². The number of aliphatic hydroxyl groups excluding tert-OH is 1. The highest BCUT2D eigenvalue weighted by Crippen LogP contribution is 2.49. The van der Waals surface area contributed by atoms with E-state index in [4.69, 9.17) is 9.47 Å². The normalized spacial score (nSPS) is 18.9. The lowest BCUT2D eigenvalue weighted by Gasteiger charge is -2.48. The summed E-state index contributed by atoms with van der Waals surface area (Å²) in [6.45, 7) is 5.93. The Kier molecular flexibility index (Phi) is 7.37. The van der Waals surface area contributed by atoms with Crippen LogP contribution in [-0.4, -0.2) is 35.0 Å². The lowest BCUT2D eigenvalue weighted by atomic mass is 9.66. The van der Waals surface area contributed by atoms with Gasteiger partial charge in [-0.15, -0.1) is 0 Å². The van der Waals surface area contributed by atoms with Crippen molar-refractivity contribution < 1.29 is 14.6 Å². The fourth-order valence-electron chi connectivity index (χ4n) is 5.65. The molecule has 0 saturated heterocycles. The quantitative estimate of drug-likeness (QED) is 0.253. The van der Waals surface area contributed by atoms with Crippen molar-refractivity contribution in [3.63, 3.8) is 0 Å². The maximum Gasteiger partial charge on any atom is 0.328 e. The van der Waals surface area contributed by atoms with Crippen LogP contribution in [0.15, 0.2) is 113 Å². The number of ether oxygens (including phenoxy) is 2. The fraction of sp³-hybridized carbons (Fsp3) is 0.250. The molecule has 1 aliphatic carbocycles. The van der Waals surface area contributed by atoms with Crippen molar-refractivity contribution in [1.29, 1.82) is 0 Å². The molecule has 1 fully saturated rings. The van der Waals surface area contributed by atoms with Crippen molar-refractivity contribution in [2.45, 2.75) is 18.6 Å². The summed E-state index contributed by atoms with van der Waals surface area (Å²) in [5.74, 6) is 0.224. The number of methoxy groups -OCH3 is 1. The van der Waals surface area contributed by atoms with Gasteiger partial charge in [-0.2, -0.15) is 0 Å². The van der Waals surface area contributed by atoms with Gasteiger partial charge in [0.25, 0.3) is 5.56 Å². The van der Waals surface area contributed by atoms with Gasteiger partial charge < -0.3 is 14.6 Å². The Morgan fingerprint density at radius 3 is 2.03 bits per heavy atom. The summed E-state index contributed by atoms with van der Waals surface area (Å²) in [7, 11) is 1.63. The van der Waals surface area contributed by atoms with Gasteiger partial charge in [-0.3, -0.25) is 14.3 Å². The van der Waals surface area contributed by atoms with Gasteiger partial charge in [0.05, 0.1) is 26.4 Å². The summed E-state index contributed by atoms with van der Waals surface area (Å²) in [6.07, 6.45) is 1.56. The van der Waals surface area contributed by atoms with E-state index in [1.807, 2.05) is 84.9 Å². The molecule has 1 heterocycles. The van der Waals surface area contributed by atoms with E-state index in [0.717, 1.165) is 28.0 Å². The molecular formula is C32H32N2O5. The predicted molar refractivity (Wildman–Crippen MR) is 150 cm³/mol. The van der Waals surface area contributed by atoms with Crippen LogP contribution in [0.5, 0.6) is 5.75 Å². The molecule has 0 radical (unpaired) electrons. The van der Waals surface area contributed by atoms with Crippen molar-refractivity contribution in [2.75, 3.05) is 20.3 Å². The SMILES string of the molecule is C=C1[C@@H](n2cc(C)c(=O)[nH]c2=O)[C@H](COC(c2ccccc2)(c2ccccc2)c2ccc(OC)cc2)[C@H]1CO. The summed E-state index contributed by atoms with van der Waals surface area (Å²) in [4.78, 5) is 27.2. The van der Waals surface area contributed by atoms with Crippen molar-refractivity contribution in [2.24, 2.45) is 11.8 Å². The predicted octanol–water partition coefficient (Wildman–Crippen LogP) is 4.20. The minimum absolute atomic E-state index is 0.118. The van der Waals surface area contributed by atoms with Gasteiger partial charge in [-0.05, 0) is 41.3 Å². The second-order valence-electron chi connectivity index (χ2n) is 9.90. The van der Waals surface area contributed by atoms with Gasteiger partial charge in [0, 0.05) is 23.6 Å². The molecule has 3 atom stereocenters. The Morgan fingerprint density at radius 1 is 0.923 bits per heavy atom. The Labute approximate surface area is 227 Å². The van der Waals surface area contributed by atoms with E-state index < -0.39 is 22.9 Å². The van der Waals surface area contributed by atoms with E-state index in [1.165, 1.54) is 4.57 Å². The first kappa shape index (κ1) is 26.4. The molecule has 39 heavy (non-hydrogen) atoms. The monoisotopic (exact) mass is 524 g/mol. The molecule has 2 N–H and O–H groups in total. The third-order valence-electron chi connectivity index (χ3n) is 7.77. The van der Waals surface area contributed by atoms with Crippen molar-refractivity contribution in [3.05, 3.63) is 146 Å². The van der Waals surface area contributed by atoms with Crippen molar-refractivity contribution >= 4 is 0 Å². The third kappa shape index (κ3) is 4.64. The first-order valence-electron chi connectivity index (χ1n) is 12.9. The Bertz CT molecular complexity index is 1520. The Balaban J connectivity index is 1.62. The molecular weight excluding hydrogens is 492 g/mol. The number of nitrogens with zero attached hydrogens (tertiary/aromatic N) is 1. The number of H-pyrrole nitrogens is 1. The van der Waals surface area contributed by atoms with Crippen LogP contribution in [0.1, 0.15) is 28.3 Å². The van der Waals surface area contributed by atoms with Crippen LogP contribution < -0.4 is 16.0 Å². The van der Waals surface area contributed by atoms with Gasteiger partial charge in [-0.25, -0.2) is 4.79 Å². The molecule has 0 aliphatic heterocycles. The van der Waals surface area contributed by atoms with Crippen LogP contribution in [0.3, 0.4) is 0 Å². The average Bonchev–Trinajstić information content (AvgIpc) is 2.97. The molecule has 1 aromatic heterocycles. The van der Waals surface area contributed by atoms with Crippen molar-refractivity contribution in [1.82, 2.24) is 9.55 Å². The van der Waals surface area contributed by atoms with Crippen LogP contribution >= 0.6 is 0 Å². The summed E-state index contributed by atoms with van der Waals surface area (Å²) < 4.78 is 13.9. The molecule has 1 aliphatic rings. The maximum absolute atomic E-state index is 12.8.